The van der Waals surface area contributed by atoms with Gasteiger partial charge in [0, 0.05) is 23.3 Å². The van der Waals surface area contributed by atoms with Crippen LogP contribution in [0.2, 0.25) is 0 Å². The summed E-state index contributed by atoms with van der Waals surface area (Å²) in [5.74, 6) is 0.447. The van der Waals surface area contributed by atoms with Crippen LogP contribution in [-0.2, 0) is 11.2 Å². The average molecular weight is 411 g/mol. The fourth-order valence-electron chi connectivity index (χ4n) is 4.72. The van der Waals surface area contributed by atoms with E-state index in [9.17, 15) is 9.90 Å². The van der Waals surface area contributed by atoms with Gasteiger partial charge in [-0.2, -0.15) is 0 Å². The summed E-state index contributed by atoms with van der Waals surface area (Å²) in [4.78, 5) is 13.5. The van der Waals surface area contributed by atoms with Crippen molar-refractivity contribution in [3.05, 3.63) is 101 Å². The van der Waals surface area contributed by atoms with Gasteiger partial charge >= 0.3 is 0 Å². The first kappa shape index (κ1) is 19.4. The van der Waals surface area contributed by atoms with Gasteiger partial charge in [0.1, 0.15) is 5.75 Å². The minimum absolute atomic E-state index is 0.117. The second kappa shape index (κ2) is 7.95. The Hall–Kier alpha value is -3.53. The number of aryl methyl sites for hydroxylation is 1. The molecule has 0 amide bonds. The number of phenolic OH excluding ortho intramolecular Hbond substituents is 1. The standard InChI is InChI=1S/C27H26N2O2/c1-2-17-11-13-18(14-12-17)19-15-23-26(25(31)16-19)27(20-7-3-6-10-24(20)30)29-22-9-5-4-8-21(22)28-23/h3-14,19,27-30H,2,15-16H2,1H3. The lowest BCUT2D eigenvalue weighted by atomic mass is 9.78. The first-order valence-corrected chi connectivity index (χ1v) is 10.9. The molecule has 4 heteroatoms. The SMILES string of the molecule is CCc1ccc(C2CC(=O)C3=C(C2)Nc2ccccc2NC3c2ccccc2O)cc1. The number of carbonyl (C=O) groups excluding carboxylic acids is 1. The van der Waals surface area contributed by atoms with Crippen molar-refractivity contribution in [3.8, 4) is 5.75 Å². The van der Waals surface area contributed by atoms with E-state index >= 15 is 0 Å². The molecular formula is C27H26N2O2. The number of phenols is 1. The summed E-state index contributed by atoms with van der Waals surface area (Å²) in [5, 5.41) is 17.6. The van der Waals surface area contributed by atoms with E-state index in [1.165, 1.54) is 11.1 Å². The molecule has 0 aromatic heterocycles. The van der Waals surface area contributed by atoms with Gasteiger partial charge in [-0.25, -0.2) is 0 Å². The molecule has 0 spiro atoms. The highest BCUT2D eigenvalue weighted by atomic mass is 16.3. The van der Waals surface area contributed by atoms with Crippen molar-refractivity contribution >= 4 is 17.2 Å². The van der Waals surface area contributed by atoms with Crippen molar-refractivity contribution in [2.45, 2.75) is 38.1 Å². The number of ketones is 1. The van der Waals surface area contributed by atoms with Crippen molar-refractivity contribution in [1.29, 1.82) is 0 Å². The third-order valence-electron chi connectivity index (χ3n) is 6.42. The highest BCUT2D eigenvalue weighted by Gasteiger charge is 2.36. The average Bonchev–Trinajstić information content (AvgIpc) is 2.96. The van der Waals surface area contributed by atoms with Gasteiger partial charge in [0.15, 0.2) is 5.78 Å². The minimum Gasteiger partial charge on any atom is -0.508 e. The van der Waals surface area contributed by atoms with Crippen LogP contribution in [0.3, 0.4) is 0 Å². The maximum absolute atomic E-state index is 13.5. The zero-order chi connectivity index (χ0) is 21.4. The molecule has 3 N–H and O–H groups in total. The quantitative estimate of drug-likeness (QED) is 0.500. The second-order valence-corrected chi connectivity index (χ2v) is 8.32. The lowest BCUT2D eigenvalue weighted by Gasteiger charge is -2.30. The molecule has 2 aliphatic rings. The van der Waals surface area contributed by atoms with Gasteiger partial charge in [-0.05, 0) is 48.1 Å². The Kier molecular flexibility index (Phi) is 4.99. The summed E-state index contributed by atoms with van der Waals surface area (Å²) in [7, 11) is 0. The fraction of sp³-hybridized carbons (Fsp3) is 0.222. The summed E-state index contributed by atoms with van der Waals surface area (Å²) < 4.78 is 0. The van der Waals surface area contributed by atoms with Crippen LogP contribution < -0.4 is 10.6 Å². The number of benzene rings is 3. The number of allylic oxidation sites excluding steroid dienone is 1. The van der Waals surface area contributed by atoms with Gasteiger partial charge in [-0.1, -0.05) is 61.5 Å². The Labute approximate surface area is 182 Å². The molecule has 0 fully saturated rings. The van der Waals surface area contributed by atoms with Gasteiger partial charge in [0.2, 0.25) is 0 Å². The van der Waals surface area contributed by atoms with E-state index in [0.29, 0.717) is 12.0 Å². The van der Waals surface area contributed by atoms with Crippen LogP contribution in [0.15, 0.2) is 84.1 Å². The molecule has 5 rings (SSSR count). The van der Waals surface area contributed by atoms with Crippen LogP contribution in [0.25, 0.3) is 0 Å². The molecule has 3 aromatic carbocycles. The van der Waals surface area contributed by atoms with Crippen LogP contribution in [0.5, 0.6) is 5.75 Å². The highest BCUT2D eigenvalue weighted by Crippen LogP contribution is 2.45. The molecule has 1 aliphatic carbocycles. The van der Waals surface area contributed by atoms with Crippen LogP contribution in [0.4, 0.5) is 11.4 Å². The van der Waals surface area contributed by atoms with Crippen molar-refractivity contribution in [2.24, 2.45) is 0 Å². The third-order valence-corrected chi connectivity index (χ3v) is 6.42. The molecule has 31 heavy (non-hydrogen) atoms. The monoisotopic (exact) mass is 410 g/mol. The predicted molar refractivity (Wildman–Crippen MR) is 124 cm³/mol. The maximum atomic E-state index is 13.5. The lowest BCUT2D eigenvalue weighted by Crippen LogP contribution is -2.26. The van der Waals surface area contributed by atoms with Crippen LogP contribution in [-0.4, -0.2) is 10.9 Å². The minimum atomic E-state index is -0.400. The van der Waals surface area contributed by atoms with E-state index in [0.717, 1.165) is 35.5 Å². The molecule has 0 bridgehead atoms. The highest BCUT2D eigenvalue weighted by molar-refractivity contribution is 6.01. The Bertz CT molecular complexity index is 1160. The second-order valence-electron chi connectivity index (χ2n) is 8.32. The normalized spacial score (nSPS) is 20.2. The molecule has 156 valence electrons. The van der Waals surface area contributed by atoms with E-state index < -0.39 is 6.04 Å². The number of para-hydroxylation sites is 3. The topological polar surface area (TPSA) is 61.4 Å². The summed E-state index contributed by atoms with van der Waals surface area (Å²) >= 11 is 0. The van der Waals surface area contributed by atoms with Crippen LogP contribution in [0.1, 0.15) is 48.4 Å². The first-order chi connectivity index (χ1) is 15.1. The number of nitrogens with one attached hydrogen (secondary N) is 2. The number of carbonyl (C=O) groups is 1. The third kappa shape index (κ3) is 3.59. The molecule has 0 saturated carbocycles. The van der Waals surface area contributed by atoms with Crippen LogP contribution in [0, 0.1) is 0 Å². The number of Topliss-reactive ketones (excluding diaryl/α,β-unsaturated/α-hetero) is 1. The lowest BCUT2D eigenvalue weighted by molar-refractivity contribution is -0.116. The molecular weight excluding hydrogens is 384 g/mol. The molecule has 0 radical (unpaired) electrons. The van der Waals surface area contributed by atoms with Gasteiger partial charge in [-0.3, -0.25) is 4.79 Å². The summed E-state index contributed by atoms with van der Waals surface area (Å²) in [6.45, 7) is 2.15. The molecule has 1 heterocycles. The molecule has 2 unspecified atom stereocenters. The number of hydrogen-bond acceptors (Lipinski definition) is 4. The molecule has 2 atom stereocenters. The molecule has 0 saturated heterocycles. The van der Waals surface area contributed by atoms with E-state index in [1.54, 1.807) is 12.1 Å². The first-order valence-electron chi connectivity index (χ1n) is 10.9. The molecule has 1 aliphatic heterocycles. The summed E-state index contributed by atoms with van der Waals surface area (Å²) in [6, 6.07) is 23.5. The van der Waals surface area contributed by atoms with Crippen molar-refractivity contribution in [1.82, 2.24) is 0 Å². The number of rotatable bonds is 3. The largest absolute Gasteiger partial charge is 0.508 e. The van der Waals surface area contributed by atoms with Crippen molar-refractivity contribution in [3.63, 3.8) is 0 Å². The number of fused-ring (bicyclic) bond motifs is 1. The van der Waals surface area contributed by atoms with E-state index in [4.69, 9.17) is 0 Å². The van der Waals surface area contributed by atoms with Gasteiger partial charge in [0.25, 0.3) is 0 Å². The predicted octanol–water partition coefficient (Wildman–Crippen LogP) is 5.93. The smallest absolute Gasteiger partial charge is 0.163 e. The van der Waals surface area contributed by atoms with Crippen molar-refractivity contribution < 1.29 is 9.90 Å². The number of anilines is 2. The Morgan fingerprint density at radius 2 is 1.61 bits per heavy atom. The number of aromatic hydroxyl groups is 1. The zero-order valence-corrected chi connectivity index (χ0v) is 17.6. The summed E-state index contributed by atoms with van der Waals surface area (Å²) in [6.07, 6.45) is 2.23. The van der Waals surface area contributed by atoms with Crippen LogP contribution >= 0.6 is 0 Å². The van der Waals surface area contributed by atoms with Gasteiger partial charge in [-0.15, -0.1) is 0 Å². The Morgan fingerprint density at radius 1 is 0.903 bits per heavy atom. The Balaban J connectivity index is 1.59. The maximum Gasteiger partial charge on any atom is 0.163 e. The zero-order valence-electron chi connectivity index (χ0n) is 17.6. The fourth-order valence-corrected chi connectivity index (χ4v) is 4.72. The Morgan fingerprint density at radius 3 is 2.35 bits per heavy atom. The number of hydrogen-bond donors (Lipinski definition) is 3. The summed E-state index contributed by atoms with van der Waals surface area (Å²) in [5.41, 5.74) is 6.74. The van der Waals surface area contributed by atoms with Gasteiger partial charge in [0.05, 0.1) is 17.4 Å². The van der Waals surface area contributed by atoms with E-state index in [-0.39, 0.29) is 17.5 Å². The van der Waals surface area contributed by atoms with Gasteiger partial charge < -0.3 is 15.7 Å². The van der Waals surface area contributed by atoms with E-state index in [2.05, 4.69) is 41.8 Å². The molecule has 3 aromatic rings. The van der Waals surface area contributed by atoms with E-state index in [1.807, 2.05) is 36.4 Å². The molecule has 4 nitrogen and oxygen atoms in total. The van der Waals surface area contributed by atoms with Crippen molar-refractivity contribution in [2.75, 3.05) is 10.6 Å².